The summed E-state index contributed by atoms with van der Waals surface area (Å²) >= 11 is 6.48. The van der Waals surface area contributed by atoms with Crippen LogP contribution in [0.2, 0.25) is 5.02 Å². The third kappa shape index (κ3) is 7.64. The molecule has 0 spiro atoms. The second kappa shape index (κ2) is 13.2. The zero-order valence-electron chi connectivity index (χ0n) is 23.3. The van der Waals surface area contributed by atoms with Gasteiger partial charge in [-0.25, -0.2) is 0 Å². The minimum absolute atomic E-state index is 0.0318. The van der Waals surface area contributed by atoms with Gasteiger partial charge in [-0.05, 0) is 43.3 Å². The molecule has 2 aromatic carbocycles. The van der Waals surface area contributed by atoms with E-state index >= 15 is 0 Å². The van der Waals surface area contributed by atoms with Crippen molar-refractivity contribution in [2.45, 2.75) is 13.5 Å². The van der Waals surface area contributed by atoms with E-state index in [2.05, 4.69) is 21.7 Å². The minimum atomic E-state index is -0.564. The number of nitriles is 1. The first-order valence-corrected chi connectivity index (χ1v) is 13.3. The van der Waals surface area contributed by atoms with Gasteiger partial charge in [0, 0.05) is 41.5 Å². The molecule has 0 aliphatic carbocycles. The van der Waals surface area contributed by atoms with Crippen LogP contribution in [0.1, 0.15) is 18.2 Å². The van der Waals surface area contributed by atoms with Crippen molar-refractivity contribution in [3.05, 3.63) is 99.8 Å². The Morgan fingerprint density at radius 1 is 1.19 bits per heavy atom. The molecule has 0 radical (unpaired) electrons. The highest BCUT2D eigenvalue weighted by atomic mass is 35.5. The molecule has 4 rings (SSSR count). The number of quaternary nitrogens is 1. The van der Waals surface area contributed by atoms with Crippen LogP contribution in [0.3, 0.4) is 0 Å². The summed E-state index contributed by atoms with van der Waals surface area (Å²) in [7, 11) is 2.96. The Hall–Kier alpha value is -4.89. The van der Waals surface area contributed by atoms with E-state index in [1.165, 1.54) is 38.6 Å². The third-order valence-electron chi connectivity index (χ3n) is 5.94. The molecule has 0 atom stereocenters. The van der Waals surface area contributed by atoms with Crippen LogP contribution in [0.15, 0.2) is 73.1 Å². The van der Waals surface area contributed by atoms with Crippen LogP contribution >= 0.6 is 11.6 Å². The molecule has 0 unspecified atom stereocenters. The number of ether oxygens (including phenoxy) is 2. The van der Waals surface area contributed by atoms with Gasteiger partial charge in [0.15, 0.2) is 12.8 Å². The molecule has 0 aliphatic heterocycles. The normalized spacial score (nSPS) is 11.3. The van der Waals surface area contributed by atoms with E-state index in [-0.39, 0.29) is 18.7 Å². The number of aromatic nitrogens is 2. The highest BCUT2D eigenvalue weighted by molar-refractivity contribution is 6.32. The Labute approximate surface area is 247 Å². The monoisotopic (exact) mass is 588 g/mol. The van der Waals surface area contributed by atoms with Crippen molar-refractivity contribution in [2.75, 3.05) is 37.9 Å². The van der Waals surface area contributed by atoms with Crippen LogP contribution in [-0.2, 0) is 11.4 Å². The molecule has 2 heterocycles. The van der Waals surface area contributed by atoms with Crippen molar-refractivity contribution in [3.63, 3.8) is 0 Å². The maximum Gasteiger partial charge on any atom is 0.248 e. The summed E-state index contributed by atoms with van der Waals surface area (Å²) in [6.07, 6.45) is 5.63. The summed E-state index contributed by atoms with van der Waals surface area (Å²) in [5, 5.41) is 40.4. The van der Waals surface area contributed by atoms with Gasteiger partial charge >= 0.3 is 0 Å². The topological polar surface area (TPSA) is 146 Å². The van der Waals surface area contributed by atoms with E-state index in [1.807, 2.05) is 6.92 Å². The first kappa shape index (κ1) is 30.1. The van der Waals surface area contributed by atoms with E-state index in [0.29, 0.717) is 56.8 Å². The summed E-state index contributed by atoms with van der Waals surface area (Å²) in [6, 6.07) is 15.5. The van der Waals surface area contributed by atoms with Crippen molar-refractivity contribution in [3.8, 4) is 17.6 Å². The zero-order valence-corrected chi connectivity index (χ0v) is 24.0. The standard InChI is InChI=1S/C30H29ClN6O5/c1-4-41-28-16-25-23(15-26(28)35-29(38)9-7-13-37(2,3)40)30(20(17-32)18-33-25)34-21-10-11-27(24(31)14-21)42-19-22-8-5-6-12-36(22)39/h5-12,14-16,18H,4,13,19H2,1-3H3,(H,33,34)(H,35,38)/b9-7+. The summed E-state index contributed by atoms with van der Waals surface area (Å²) in [5.74, 6) is 0.338. The second-order valence-corrected chi connectivity index (χ2v) is 10.1. The Kier molecular flexibility index (Phi) is 9.44. The van der Waals surface area contributed by atoms with E-state index < -0.39 is 10.6 Å². The average molecular weight is 589 g/mol. The van der Waals surface area contributed by atoms with Gasteiger partial charge < -0.3 is 35.2 Å². The largest absolute Gasteiger partial charge is 0.633 e. The number of nitrogens with zero attached hydrogens (tertiary/aromatic N) is 4. The van der Waals surface area contributed by atoms with Crippen molar-refractivity contribution >= 4 is 45.5 Å². The molecule has 2 aromatic heterocycles. The Bertz CT molecular complexity index is 1680. The molecule has 0 saturated heterocycles. The van der Waals surface area contributed by atoms with Gasteiger partial charge in [0.2, 0.25) is 11.6 Å². The maximum absolute atomic E-state index is 12.6. The van der Waals surface area contributed by atoms with Gasteiger partial charge in [0.1, 0.15) is 17.6 Å². The molecule has 0 fully saturated rings. The second-order valence-electron chi connectivity index (χ2n) is 9.68. The van der Waals surface area contributed by atoms with Crippen LogP contribution in [0, 0.1) is 21.7 Å². The summed E-state index contributed by atoms with van der Waals surface area (Å²) in [5.41, 5.74) is 2.60. The number of hydroxylamine groups is 3. The minimum Gasteiger partial charge on any atom is -0.633 e. The van der Waals surface area contributed by atoms with Gasteiger partial charge in [-0.2, -0.15) is 9.99 Å². The number of likely N-dealkylation sites (N-methyl/N-ethyl adjacent to an activating group) is 1. The lowest BCUT2D eigenvalue weighted by molar-refractivity contribution is -0.833. The summed E-state index contributed by atoms with van der Waals surface area (Å²) < 4.78 is 11.6. The highest BCUT2D eigenvalue weighted by Gasteiger charge is 2.16. The lowest BCUT2D eigenvalue weighted by Gasteiger charge is -2.32. The molecule has 0 aliphatic rings. The number of hydrogen-bond donors (Lipinski definition) is 2. The molecule has 216 valence electrons. The van der Waals surface area contributed by atoms with Gasteiger partial charge in [-0.3, -0.25) is 9.78 Å². The van der Waals surface area contributed by atoms with E-state index in [9.17, 15) is 20.5 Å². The molecule has 1 amide bonds. The quantitative estimate of drug-likeness (QED) is 0.0800. The molecule has 0 bridgehead atoms. The molecular weight excluding hydrogens is 560 g/mol. The van der Waals surface area contributed by atoms with Crippen LogP contribution in [0.5, 0.6) is 11.5 Å². The molecule has 2 N–H and O–H groups in total. The number of hydrogen-bond acceptors (Lipinski definition) is 8. The number of nitrogens with one attached hydrogen (secondary N) is 2. The summed E-state index contributed by atoms with van der Waals surface area (Å²) in [4.78, 5) is 17.0. The van der Waals surface area contributed by atoms with E-state index in [1.54, 1.807) is 48.5 Å². The molecule has 42 heavy (non-hydrogen) atoms. The smallest absolute Gasteiger partial charge is 0.248 e. The van der Waals surface area contributed by atoms with Crippen molar-refractivity contribution < 1.29 is 23.6 Å². The Morgan fingerprint density at radius 2 is 2.00 bits per heavy atom. The third-order valence-corrected chi connectivity index (χ3v) is 6.24. The number of pyridine rings is 2. The first-order chi connectivity index (χ1) is 20.1. The number of benzene rings is 2. The molecule has 11 nitrogen and oxygen atoms in total. The SMILES string of the molecule is CCOc1cc2ncc(C#N)c(Nc3ccc(OCc4cccc[n+]4[O-])c(Cl)c3)c2cc1NC(=O)/C=C/C[N+](C)(C)[O-]. The molecular formula is C30H29ClN6O5. The molecule has 4 aromatic rings. The lowest BCUT2D eigenvalue weighted by atomic mass is 10.1. The summed E-state index contributed by atoms with van der Waals surface area (Å²) in [6.45, 7) is 2.33. The highest BCUT2D eigenvalue weighted by Crippen LogP contribution is 2.37. The predicted octanol–water partition coefficient (Wildman–Crippen LogP) is 5.18. The van der Waals surface area contributed by atoms with Crippen LogP contribution in [-0.4, -0.2) is 42.8 Å². The van der Waals surface area contributed by atoms with E-state index in [4.69, 9.17) is 21.1 Å². The Morgan fingerprint density at radius 3 is 2.69 bits per heavy atom. The number of halogens is 1. The number of amides is 1. The average Bonchev–Trinajstić information content (AvgIpc) is 2.93. The number of fused-ring (bicyclic) bond motifs is 1. The molecule has 0 saturated carbocycles. The van der Waals surface area contributed by atoms with Gasteiger partial charge in [-0.1, -0.05) is 11.6 Å². The van der Waals surface area contributed by atoms with Crippen LogP contribution in [0.4, 0.5) is 17.1 Å². The van der Waals surface area contributed by atoms with Crippen LogP contribution < -0.4 is 24.8 Å². The van der Waals surface area contributed by atoms with Crippen molar-refractivity contribution in [2.24, 2.45) is 0 Å². The zero-order chi connectivity index (χ0) is 30.3. The molecule has 12 heteroatoms. The van der Waals surface area contributed by atoms with Crippen LogP contribution in [0.25, 0.3) is 10.9 Å². The number of carbonyl (C=O) groups is 1. The number of rotatable bonds is 11. The lowest BCUT2D eigenvalue weighted by Crippen LogP contribution is -2.32. The fraction of sp³-hybridized carbons (Fsp3) is 0.200. The number of carbonyl (C=O) groups excluding carboxylic acids is 1. The first-order valence-electron chi connectivity index (χ1n) is 13.0. The fourth-order valence-corrected chi connectivity index (χ4v) is 4.20. The maximum atomic E-state index is 12.6. The van der Waals surface area contributed by atoms with Gasteiger partial charge in [-0.15, -0.1) is 0 Å². The van der Waals surface area contributed by atoms with E-state index in [0.717, 1.165) is 4.73 Å². The van der Waals surface area contributed by atoms with Gasteiger partial charge in [0.25, 0.3) is 0 Å². The van der Waals surface area contributed by atoms with Crippen molar-refractivity contribution in [1.29, 1.82) is 5.26 Å². The van der Waals surface area contributed by atoms with Crippen molar-refractivity contribution in [1.82, 2.24) is 4.98 Å². The Balaban J connectivity index is 1.64. The van der Waals surface area contributed by atoms with Gasteiger partial charge in [0.05, 0.1) is 54.7 Å². The number of anilines is 3. The fourth-order valence-electron chi connectivity index (χ4n) is 3.97. The predicted molar refractivity (Wildman–Crippen MR) is 160 cm³/mol.